The van der Waals surface area contributed by atoms with Crippen molar-refractivity contribution >= 4 is 34.5 Å². The van der Waals surface area contributed by atoms with E-state index in [0.717, 1.165) is 5.56 Å². The first-order valence-corrected chi connectivity index (χ1v) is 7.02. The monoisotopic (exact) mass is 298 g/mol. The van der Waals surface area contributed by atoms with Crippen molar-refractivity contribution in [2.24, 2.45) is 0 Å². The van der Waals surface area contributed by atoms with E-state index in [-0.39, 0.29) is 17.3 Å². The van der Waals surface area contributed by atoms with Crippen LogP contribution in [0, 0.1) is 6.92 Å². The lowest BCUT2D eigenvalue weighted by Crippen LogP contribution is -2.23. The van der Waals surface area contributed by atoms with Gasteiger partial charge in [-0.15, -0.1) is 16.4 Å². The van der Waals surface area contributed by atoms with Gasteiger partial charge >= 0.3 is 0 Å². The van der Waals surface area contributed by atoms with Gasteiger partial charge in [-0.25, -0.2) is 9.67 Å². The Morgan fingerprint density at radius 3 is 2.63 bits per heavy atom. The Labute approximate surface area is 120 Å². The summed E-state index contributed by atoms with van der Waals surface area (Å²) < 4.78 is 2.21. The SMILES string of the molecule is Cc1csc(Cl)c1NC(=O)c1ncn(C(C)(C)C)n1. The normalized spacial score (nSPS) is 11.6. The van der Waals surface area contributed by atoms with E-state index < -0.39 is 0 Å². The third kappa shape index (κ3) is 2.96. The molecule has 0 aliphatic heterocycles. The van der Waals surface area contributed by atoms with Gasteiger partial charge in [0.25, 0.3) is 5.91 Å². The quantitative estimate of drug-likeness (QED) is 0.925. The molecule has 0 fully saturated rings. The molecule has 0 aliphatic rings. The average Bonchev–Trinajstić information content (AvgIpc) is 2.90. The van der Waals surface area contributed by atoms with Crippen LogP contribution in [-0.4, -0.2) is 20.7 Å². The molecular formula is C12H15ClN4OS. The van der Waals surface area contributed by atoms with Gasteiger partial charge in [-0.05, 0) is 38.6 Å². The lowest BCUT2D eigenvalue weighted by atomic mass is 10.1. The van der Waals surface area contributed by atoms with Gasteiger partial charge in [0.15, 0.2) is 0 Å². The number of anilines is 1. The summed E-state index contributed by atoms with van der Waals surface area (Å²) in [7, 11) is 0. The van der Waals surface area contributed by atoms with Crippen molar-refractivity contribution in [1.29, 1.82) is 0 Å². The molecular weight excluding hydrogens is 284 g/mol. The highest BCUT2D eigenvalue weighted by Gasteiger charge is 2.19. The van der Waals surface area contributed by atoms with Gasteiger partial charge in [-0.1, -0.05) is 11.6 Å². The molecule has 5 nitrogen and oxygen atoms in total. The molecule has 0 unspecified atom stereocenters. The maximum atomic E-state index is 12.1. The molecule has 0 radical (unpaired) electrons. The summed E-state index contributed by atoms with van der Waals surface area (Å²) in [4.78, 5) is 16.1. The van der Waals surface area contributed by atoms with Gasteiger partial charge < -0.3 is 5.32 Å². The first-order chi connectivity index (χ1) is 8.79. The fraction of sp³-hybridized carbons (Fsp3) is 0.417. The van der Waals surface area contributed by atoms with Gasteiger partial charge in [-0.2, -0.15) is 0 Å². The molecule has 2 rings (SSSR count). The van der Waals surface area contributed by atoms with Crippen LogP contribution in [0.1, 0.15) is 37.0 Å². The maximum absolute atomic E-state index is 12.1. The van der Waals surface area contributed by atoms with E-state index in [9.17, 15) is 4.79 Å². The fourth-order valence-corrected chi connectivity index (χ4v) is 2.48. The molecule has 7 heteroatoms. The number of amides is 1. The molecule has 0 aromatic carbocycles. The zero-order valence-electron chi connectivity index (χ0n) is 11.2. The smallest absolute Gasteiger partial charge is 0.295 e. The number of aromatic nitrogens is 3. The van der Waals surface area contributed by atoms with E-state index in [1.807, 2.05) is 33.1 Å². The van der Waals surface area contributed by atoms with Crippen LogP contribution in [0.3, 0.4) is 0 Å². The molecule has 1 amide bonds. The zero-order valence-corrected chi connectivity index (χ0v) is 12.8. The molecule has 0 bridgehead atoms. The van der Waals surface area contributed by atoms with Crippen molar-refractivity contribution in [3.8, 4) is 0 Å². The van der Waals surface area contributed by atoms with Crippen molar-refractivity contribution < 1.29 is 4.79 Å². The largest absolute Gasteiger partial charge is 0.317 e. The van der Waals surface area contributed by atoms with Crippen LogP contribution in [-0.2, 0) is 5.54 Å². The minimum atomic E-state index is -0.355. The third-order valence-electron chi connectivity index (χ3n) is 2.55. The molecule has 0 atom stereocenters. The number of hydrogen-bond acceptors (Lipinski definition) is 4. The predicted molar refractivity (Wildman–Crippen MR) is 77.0 cm³/mol. The lowest BCUT2D eigenvalue weighted by molar-refractivity contribution is 0.101. The first kappa shape index (κ1) is 14.0. The molecule has 0 aliphatic carbocycles. The number of aryl methyl sites for hydroxylation is 1. The van der Waals surface area contributed by atoms with E-state index in [2.05, 4.69) is 15.4 Å². The molecule has 2 aromatic rings. The van der Waals surface area contributed by atoms with Crippen LogP contribution in [0.4, 0.5) is 5.69 Å². The summed E-state index contributed by atoms with van der Waals surface area (Å²) in [5.74, 6) is -0.219. The van der Waals surface area contributed by atoms with Gasteiger partial charge in [-0.3, -0.25) is 4.79 Å². The Kier molecular flexibility index (Phi) is 3.64. The topological polar surface area (TPSA) is 59.8 Å². The Morgan fingerprint density at radius 1 is 1.47 bits per heavy atom. The summed E-state index contributed by atoms with van der Waals surface area (Å²) in [5, 5.41) is 8.80. The minimum absolute atomic E-state index is 0.136. The minimum Gasteiger partial charge on any atom is -0.317 e. The van der Waals surface area contributed by atoms with E-state index in [1.165, 1.54) is 11.3 Å². The number of nitrogens with one attached hydrogen (secondary N) is 1. The third-order valence-corrected chi connectivity index (χ3v) is 3.89. The fourth-order valence-electron chi connectivity index (χ4n) is 1.42. The molecule has 1 N–H and O–H groups in total. The van der Waals surface area contributed by atoms with Crippen molar-refractivity contribution in [2.45, 2.75) is 33.2 Å². The van der Waals surface area contributed by atoms with Crippen molar-refractivity contribution in [2.75, 3.05) is 5.32 Å². The number of thiophene rings is 1. The van der Waals surface area contributed by atoms with Crippen LogP contribution in [0.5, 0.6) is 0 Å². The number of hydrogen-bond donors (Lipinski definition) is 1. The number of carbonyl (C=O) groups excluding carboxylic acids is 1. The highest BCUT2D eigenvalue weighted by molar-refractivity contribution is 7.15. The Morgan fingerprint density at radius 2 is 2.16 bits per heavy atom. The molecule has 2 aromatic heterocycles. The van der Waals surface area contributed by atoms with Crippen LogP contribution in [0.25, 0.3) is 0 Å². The second-order valence-corrected chi connectivity index (χ2v) is 6.69. The summed E-state index contributed by atoms with van der Waals surface area (Å²) in [6.45, 7) is 7.86. The van der Waals surface area contributed by atoms with Gasteiger partial charge in [0, 0.05) is 0 Å². The van der Waals surface area contributed by atoms with Gasteiger partial charge in [0.1, 0.15) is 10.7 Å². The summed E-state index contributed by atoms with van der Waals surface area (Å²) in [6, 6.07) is 0. The molecule has 0 saturated carbocycles. The predicted octanol–water partition coefficient (Wildman–Crippen LogP) is 3.31. The van der Waals surface area contributed by atoms with Crippen LogP contribution >= 0.6 is 22.9 Å². The molecule has 0 spiro atoms. The van der Waals surface area contributed by atoms with Crippen LogP contribution < -0.4 is 5.32 Å². The first-order valence-electron chi connectivity index (χ1n) is 5.76. The Bertz CT molecular complexity index is 592. The average molecular weight is 299 g/mol. The van der Waals surface area contributed by atoms with E-state index in [1.54, 1.807) is 11.0 Å². The van der Waals surface area contributed by atoms with Crippen LogP contribution in [0.15, 0.2) is 11.7 Å². The second-order valence-electron chi connectivity index (χ2n) is 5.21. The molecule has 0 saturated heterocycles. The highest BCUT2D eigenvalue weighted by atomic mass is 35.5. The van der Waals surface area contributed by atoms with E-state index in [0.29, 0.717) is 10.0 Å². The van der Waals surface area contributed by atoms with E-state index in [4.69, 9.17) is 11.6 Å². The number of halogens is 1. The molecule has 19 heavy (non-hydrogen) atoms. The zero-order chi connectivity index (χ0) is 14.2. The number of rotatable bonds is 2. The highest BCUT2D eigenvalue weighted by Crippen LogP contribution is 2.32. The summed E-state index contributed by atoms with van der Waals surface area (Å²) in [5.41, 5.74) is 1.35. The van der Waals surface area contributed by atoms with Gasteiger partial charge in [0.05, 0.1) is 11.2 Å². The van der Waals surface area contributed by atoms with Crippen LogP contribution in [0.2, 0.25) is 4.34 Å². The van der Waals surface area contributed by atoms with Crippen molar-refractivity contribution in [1.82, 2.24) is 14.8 Å². The number of carbonyl (C=O) groups is 1. The second kappa shape index (κ2) is 4.94. The maximum Gasteiger partial charge on any atom is 0.295 e. The van der Waals surface area contributed by atoms with Gasteiger partial charge in [0.2, 0.25) is 5.82 Å². The van der Waals surface area contributed by atoms with Crippen molar-refractivity contribution in [3.05, 3.63) is 27.4 Å². The van der Waals surface area contributed by atoms with Crippen molar-refractivity contribution in [3.63, 3.8) is 0 Å². The summed E-state index contributed by atoms with van der Waals surface area (Å²) >= 11 is 7.39. The summed E-state index contributed by atoms with van der Waals surface area (Å²) in [6.07, 6.45) is 1.55. The molecule has 2 heterocycles. The Balaban J connectivity index is 2.19. The van der Waals surface area contributed by atoms with E-state index >= 15 is 0 Å². The molecule has 102 valence electrons. The Hall–Kier alpha value is -1.40. The lowest BCUT2D eigenvalue weighted by Gasteiger charge is -2.17. The number of nitrogens with zero attached hydrogens (tertiary/aromatic N) is 3. The standard InChI is InChI=1S/C12H15ClN4OS/c1-7-5-19-9(13)8(7)15-11(18)10-14-6-17(16-10)12(2,3)4/h5-6H,1-4H3,(H,15,18).